The molecule has 128 valence electrons. The SMILES string of the molecule is Cn1cncc1-c1cccc(C(=O)N[C@H]2CC[C@H](C(F)F)CC2)n1. The Hall–Kier alpha value is -2.31. The maximum atomic E-state index is 12.7. The number of hydrogen-bond acceptors (Lipinski definition) is 3. The molecule has 0 saturated heterocycles. The Morgan fingerprint density at radius 2 is 2.04 bits per heavy atom. The van der Waals surface area contributed by atoms with Gasteiger partial charge >= 0.3 is 0 Å². The zero-order valence-electron chi connectivity index (χ0n) is 13.5. The van der Waals surface area contributed by atoms with E-state index in [9.17, 15) is 13.6 Å². The van der Waals surface area contributed by atoms with Crippen LogP contribution in [0.25, 0.3) is 11.4 Å². The van der Waals surface area contributed by atoms with Crippen molar-refractivity contribution in [2.24, 2.45) is 13.0 Å². The lowest BCUT2D eigenvalue weighted by atomic mass is 9.86. The zero-order chi connectivity index (χ0) is 17.1. The van der Waals surface area contributed by atoms with Gasteiger partial charge in [0.2, 0.25) is 6.43 Å². The fourth-order valence-corrected chi connectivity index (χ4v) is 3.08. The molecule has 1 aliphatic rings. The van der Waals surface area contributed by atoms with Crippen LogP contribution in [-0.4, -0.2) is 32.9 Å². The fourth-order valence-electron chi connectivity index (χ4n) is 3.08. The number of nitrogens with one attached hydrogen (secondary N) is 1. The Labute approximate surface area is 139 Å². The number of aromatic nitrogens is 3. The summed E-state index contributed by atoms with van der Waals surface area (Å²) in [6, 6.07) is 5.19. The topological polar surface area (TPSA) is 59.8 Å². The summed E-state index contributed by atoms with van der Waals surface area (Å²) in [5.41, 5.74) is 1.82. The summed E-state index contributed by atoms with van der Waals surface area (Å²) in [7, 11) is 1.86. The molecule has 0 bridgehead atoms. The van der Waals surface area contributed by atoms with Crippen LogP contribution in [0.4, 0.5) is 8.78 Å². The predicted molar refractivity (Wildman–Crippen MR) is 85.7 cm³/mol. The molecule has 0 radical (unpaired) electrons. The van der Waals surface area contributed by atoms with E-state index in [1.165, 1.54) is 0 Å². The van der Waals surface area contributed by atoms with Crippen LogP contribution in [-0.2, 0) is 7.05 Å². The molecule has 0 spiro atoms. The van der Waals surface area contributed by atoms with Gasteiger partial charge in [-0.15, -0.1) is 0 Å². The van der Waals surface area contributed by atoms with Crippen molar-refractivity contribution in [2.75, 3.05) is 0 Å². The first-order valence-electron chi connectivity index (χ1n) is 8.07. The highest BCUT2D eigenvalue weighted by Crippen LogP contribution is 2.29. The van der Waals surface area contributed by atoms with Crippen molar-refractivity contribution >= 4 is 5.91 Å². The van der Waals surface area contributed by atoms with Gasteiger partial charge in [0.1, 0.15) is 5.69 Å². The molecule has 0 atom stereocenters. The highest BCUT2D eigenvalue weighted by Gasteiger charge is 2.28. The third-order valence-electron chi connectivity index (χ3n) is 4.52. The van der Waals surface area contributed by atoms with Crippen molar-refractivity contribution in [3.63, 3.8) is 0 Å². The Morgan fingerprint density at radius 1 is 1.29 bits per heavy atom. The molecule has 0 unspecified atom stereocenters. The lowest BCUT2D eigenvalue weighted by Crippen LogP contribution is -2.38. The van der Waals surface area contributed by atoms with Gasteiger partial charge in [-0.3, -0.25) is 4.79 Å². The minimum atomic E-state index is -2.26. The number of nitrogens with zero attached hydrogens (tertiary/aromatic N) is 3. The van der Waals surface area contributed by atoms with Crippen LogP contribution < -0.4 is 5.32 Å². The minimum Gasteiger partial charge on any atom is -0.348 e. The van der Waals surface area contributed by atoms with Gasteiger partial charge in [-0.25, -0.2) is 18.7 Å². The van der Waals surface area contributed by atoms with Crippen LogP contribution in [0.1, 0.15) is 36.2 Å². The van der Waals surface area contributed by atoms with Crippen molar-refractivity contribution in [1.29, 1.82) is 0 Å². The van der Waals surface area contributed by atoms with Crippen LogP contribution in [0.2, 0.25) is 0 Å². The van der Waals surface area contributed by atoms with E-state index in [0.29, 0.717) is 37.1 Å². The molecule has 1 saturated carbocycles. The average molecular weight is 334 g/mol. The molecule has 24 heavy (non-hydrogen) atoms. The summed E-state index contributed by atoms with van der Waals surface area (Å²) >= 11 is 0. The van der Waals surface area contributed by atoms with E-state index in [-0.39, 0.29) is 11.9 Å². The smallest absolute Gasteiger partial charge is 0.270 e. The Balaban J connectivity index is 1.65. The van der Waals surface area contributed by atoms with E-state index in [1.807, 2.05) is 17.7 Å². The number of carbonyl (C=O) groups excluding carboxylic acids is 1. The van der Waals surface area contributed by atoms with Gasteiger partial charge in [0.05, 0.1) is 23.9 Å². The number of alkyl halides is 2. The molecule has 1 fully saturated rings. The molecule has 0 aromatic carbocycles. The zero-order valence-corrected chi connectivity index (χ0v) is 13.5. The molecule has 7 heteroatoms. The van der Waals surface area contributed by atoms with Gasteiger partial charge in [-0.2, -0.15) is 0 Å². The standard InChI is InChI=1S/C17H20F2N4O/c1-23-10-20-9-15(23)13-3-2-4-14(22-13)17(24)21-12-7-5-11(6-8-12)16(18)19/h2-4,9-12,16H,5-8H2,1H3,(H,21,24)/t11-,12-. The lowest BCUT2D eigenvalue weighted by Gasteiger charge is -2.28. The van der Waals surface area contributed by atoms with E-state index in [1.54, 1.807) is 24.7 Å². The largest absolute Gasteiger partial charge is 0.348 e. The van der Waals surface area contributed by atoms with Gasteiger partial charge in [0, 0.05) is 19.0 Å². The van der Waals surface area contributed by atoms with Crippen LogP contribution in [0.15, 0.2) is 30.7 Å². The minimum absolute atomic E-state index is 0.0605. The van der Waals surface area contributed by atoms with Crippen molar-refractivity contribution in [3.05, 3.63) is 36.4 Å². The number of amides is 1. The molecule has 2 aromatic rings. The number of carbonyl (C=O) groups is 1. The van der Waals surface area contributed by atoms with Gasteiger partial charge in [-0.05, 0) is 37.8 Å². The average Bonchev–Trinajstić information content (AvgIpc) is 3.01. The summed E-state index contributed by atoms with van der Waals surface area (Å²) in [4.78, 5) is 20.8. The number of aryl methyl sites for hydroxylation is 1. The fraction of sp³-hybridized carbons (Fsp3) is 0.471. The van der Waals surface area contributed by atoms with Gasteiger partial charge in [0.15, 0.2) is 0 Å². The van der Waals surface area contributed by atoms with E-state index in [2.05, 4.69) is 15.3 Å². The molecule has 5 nitrogen and oxygen atoms in total. The second-order valence-corrected chi connectivity index (χ2v) is 6.22. The third kappa shape index (κ3) is 3.60. The quantitative estimate of drug-likeness (QED) is 0.935. The van der Waals surface area contributed by atoms with Gasteiger partial charge < -0.3 is 9.88 Å². The number of pyridine rings is 1. The highest BCUT2D eigenvalue weighted by atomic mass is 19.3. The van der Waals surface area contributed by atoms with E-state index in [0.717, 1.165) is 5.69 Å². The molecular weight excluding hydrogens is 314 g/mol. The number of halogens is 2. The highest BCUT2D eigenvalue weighted by molar-refractivity contribution is 5.93. The maximum absolute atomic E-state index is 12.7. The van der Waals surface area contributed by atoms with E-state index in [4.69, 9.17) is 0 Å². The summed E-state index contributed by atoms with van der Waals surface area (Å²) < 4.78 is 27.2. The summed E-state index contributed by atoms with van der Waals surface area (Å²) in [5.74, 6) is -0.802. The number of rotatable bonds is 4. The van der Waals surface area contributed by atoms with Crippen LogP contribution in [0.5, 0.6) is 0 Å². The van der Waals surface area contributed by atoms with Gasteiger partial charge in [0.25, 0.3) is 5.91 Å². The maximum Gasteiger partial charge on any atom is 0.270 e. The van der Waals surface area contributed by atoms with Crippen molar-refractivity contribution < 1.29 is 13.6 Å². The van der Waals surface area contributed by atoms with Gasteiger partial charge in [-0.1, -0.05) is 6.07 Å². The van der Waals surface area contributed by atoms with Crippen LogP contribution >= 0.6 is 0 Å². The van der Waals surface area contributed by atoms with Crippen molar-refractivity contribution in [1.82, 2.24) is 19.9 Å². The first-order valence-corrected chi connectivity index (χ1v) is 8.07. The molecule has 2 heterocycles. The first kappa shape index (κ1) is 16.5. The second-order valence-electron chi connectivity index (χ2n) is 6.22. The molecule has 0 aliphatic heterocycles. The Morgan fingerprint density at radius 3 is 2.67 bits per heavy atom. The Kier molecular flexibility index (Phi) is 4.87. The van der Waals surface area contributed by atoms with Crippen LogP contribution in [0, 0.1) is 5.92 Å². The summed E-state index contributed by atoms with van der Waals surface area (Å²) in [6.45, 7) is 0. The molecule has 1 aliphatic carbocycles. The van der Waals surface area contributed by atoms with E-state index >= 15 is 0 Å². The number of imidazole rings is 1. The molecule has 1 N–H and O–H groups in total. The summed E-state index contributed by atoms with van der Waals surface area (Å²) in [6.07, 6.45) is 3.17. The van der Waals surface area contributed by atoms with Crippen molar-refractivity contribution in [3.8, 4) is 11.4 Å². The first-order chi connectivity index (χ1) is 11.5. The second kappa shape index (κ2) is 7.07. The molecular formula is C17H20F2N4O. The lowest BCUT2D eigenvalue weighted by molar-refractivity contribution is 0.0499. The monoisotopic (exact) mass is 334 g/mol. The normalized spacial score (nSPS) is 21.0. The number of hydrogen-bond donors (Lipinski definition) is 1. The Bertz CT molecular complexity index is 708. The third-order valence-corrected chi connectivity index (χ3v) is 4.52. The molecule has 2 aromatic heterocycles. The molecule has 1 amide bonds. The van der Waals surface area contributed by atoms with Crippen molar-refractivity contribution in [2.45, 2.75) is 38.2 Å². The summed E-state index contributed by atoms with van der Waals surface area (Å²) in [5, 5.41) is 2.91. The predicted octanol–water partition coefficient (Wildman–Crippen LogP) is 3.04. The van der Waals surface area contributed by atoms with Crippen LogP contribution in [0.3, 0.4) is 0 Å². The van der Waals surface area contributed by atoms with E-state index < -0.39 is 12.3 Å². The molecule has 3 rings (SSSR count).